The monoisotopic (exact) mass is 319 g/mol. The predicted molar refractivity (Wildman–Crippen MR) is 71.6 cm³/mol. The molecular weight excluding hydrogens is 315 g/mol. The maximum absolute atomic E-state index is 13.2. The quantitative estimate of drug-likeness (QED) is 0.652. The van der Waals surface area contributed by atoms with Crippen LogP contribution < -0.4 is 0 Å². The lowest BCUT2D eigenvalue weighted by atomic mass is 10.1. The van der Waals surface area contributed by atoms with Gasteiger partial charge in [0.05, 0.1) is 26.3 Å². The Morgan fingerprint density at radius 2 is 1.79 bits per heavy atom. The van der Waals surface area contributed by atoms with Gasteiger partial charge in [-0.15, -0.1) is 0 Å². The number of rotatable bonds is 2. The predicted octanol–water partition coefficient (Wildman–Crippen LogP) is 4.55. The normalized spacial score (nSPS) is 10.5. The second-order valence-electron chi connectivity index (χ2n) is 3.56. The van der Waals surface area contributed by atoms with Crippen LogP contribution in [0.5, 0.6) is 0 Å². The highest BCUT2D eigenvalue weighted by atomic mass is 35.5. The number of hydrogen-bond donors (Lipinski definition) is 1. The van der Waals surface area contributed by atoms with Gasteiger partial charge >= 0.3 is 5.97 Å². The summed E-state index contributed by atoms with van der Waals surface area (Å²) in [6.45, 7) is 0. The zero-order valence-corrected chi connectivity index (χ0v) is 11.4. The van der Waals surface area contributed by atoms with E-state index in [-0.39, 0.29) is 31.9 Å². The molecular formula is C12H5Cl3FNO2. The van der Waals surface area contributed by atoms with Crippen LogP contribution in [-0.4, -0.2) is 16.1 Å². The number of halogens is 4. The van der Waals surface area contributed by atoms with Gasteiger partial charge < -0.3 is 5.11 Å². The van der Waals surface area contributed by atoms with Crippen LogP contribution in [0.2, 0.25) is 15.1 Å². The molecule has 0 atom stereocenters. The molecule has 98 valence electrons. The maximum Gasteiger partial charge on any atom is 0.337 e. The van der Waals surface area contributed by atoms with Gasteiger partial charge in [-0.05, 0) is 24.3 Å². The number of hydrogen-bond acceptors (Lipinski definition) is 2. The van der Waals surface area contributed by atoms with Crippen LogP contribution in [0.3, 0.4) is 0 Å². The SMILES string of the molecule is O=C(O)c1ccc(F)nc1-c1ccc(Cl)c(Cl)c1Cl. The van der Waals surface area contributed by atoms with E-state index in [0.29, 0.717) is 0 Å². The molecule has 0 aliphatic heterocycles. The Bertz CT molecular complexity index is 676. The number of carboxylic acid groups (broad SMARTS) is 1. The molecule has 1 aromatic carbocycles. The van der Waals surface area contributed by atoms with E-state index < -0.39 is 11.9 Å². The van der Waals surface area contributed by atoms with Crippen molar-refractivity contribution in [2.45, 2.75) is 0 Å². The molecule has 0 spiro atoms. The van der Waals surface area contributed by atoms with Gasteiger partial charge in [0, 0.05) is 5.56 Å². The number of pyridine rings is 1. The molecule has 1 heterocycles. The van der Waals surface area contributed by atoms with E-state index in [9.17, 15) is 9.18 Å². The molecule has 2 rings (SSSR count). The number of carboxylic acids is 1. The third kappa shape index (κ3) is 2.66. The number of carbonyl (C=O) groups is 1. The molecule has 1 N–H and O–H groups in total. The summed E-state index contributed by atoms with van der Waals surface area (Å²) in [6.07, 6.45) is 0. The van der Waals surface area contributed by atoms with Gasteiger partial charge in [-0.1, -0.05) is 34.8 Å². The Labute approximate surface area is 122 Å². The van der Waals surface area contributed by atoms with Crippen molar-refractivity contribution in [3.63, 3.8) is 0 Å². The van der Waals surface area contributed by atoms with E-state index in [4.69, 9.17) is 39.9 Å². The second-order valence-corrected chi connectivity index (χ2v) is 4.72. The lowest BCUT2D eigenvalue weighted by molar-refractivity contribution is 0.0697. The number of aromatic nitrogens is 1. The molecule has 7 heteroatoms. The van der Waals surface area contributed by atoms with E-state index in [1.807, 2.05) is 0 Å². The molecule has 1 aromatic heterocycles. The van der Waals surface area contributed by atoms with Crippen molar-refractivity contribution < 1.29 is 14.3 Å². The van der Waals surface area contributed by atoms with Crippen LogP contribution in [0.4, 0.5) is 4.39 Å². The van der Waals surface area contributed by atoms with Crippen molar-refractivity contribution >= 4 is 40.8 Å². The van der Waals surface area contributed by atoms with Crippen molar-refractivity contribution in [1.29, 1.82) is 0 Å². The first-order valence-electron chi connectivity index (χ1n) is 4.95. The van der Waals surface area contributed by atoms with Gasteiger partial charge in [-0.25, -0.2) is 9.78 Å². The standard InChI is InChI=1S/C12H5Cl3FNO2/c13-7-3-1-5(9(14)10(7)15)11-6(12(18)19)2-4-8(16)17-11/h1-4H,(H,18,19). The summed E-state index contributed by atoms with van der Waals surface area (Å²) in [5.41, 5.74) is -0.0780. The highest BCUT2D eigenvalue weighted by molar-refractivity contribution is 6.49. The number of nitrogens with zero attached hydrogens (tertiary/aromatic N) is 1. The molecule has 19 heavy (non-hydrogen) atoms. The lowest BCUT2D eigenvalue weighted by Gasteiger charge is -2.09. The van der Waals surface area contributed by atoms with E-state index in [0.717, 1.165) is 12.1 Å². The molecule has 0 amide bonds. The Morgan fingerprint density at radius 1 is 1.11 bits per heavy atom. The van der Waals surface area contributed by atoms with Crippen molar-refractivity contribution in [2.75, 3.05) is 0 Å². The molecule has 0 unspecified atom stereocenters. The van der Waals surface area contributed by atoms with Crippen LogP contribution in [0, 0.1) is 5.95 Å². The van der Waals surface area contributed by atoms with E-state index >= 15 is 0 Å². The fourth-order valence-electron chi connectivity index (χ4n) is 1.52. The van der Waals surface area contributed by atoms with E-state index in [1.165, 1.54) is 12.1 Å². The van der Waals surface area contributed by atoms with E-state index in [2.05, 4.69) is 4.98 Å². The van der Waals surface area contributed by atoms with Gasteiger partial charge in [-0.3, -0.25) is 0 Å². The van der Waals surface area contributed by atoms with Crippen molar-refractivity contribution in [3.05, 3.63) is 50.8 Å². The Kier molecular flexibility index (Phi) is 3.94. The Balaban J connectivity index is 2.75. The van der Waals surface area contributed by atoms with Crippen LogP contribution >= 0.6 is 34.8 Å². The van der Waals surface area contributed by atoms with Crippen molar-refractivity contribution in [3.8, 4) is 11.3 Å². The van der Waals surface area contributed by atoms with Gasteiger partial charge in [0.15, 0.2) is 0 Å². The zero-order chi connectivity index (χ0) is 14.2. The summed E-state index contributed by atoms with van der Waals surface area (Å²) in [5.74, 6) is -2.06. The highest BCUT2D eigenvalue weighted by Crippen LogP contribution is 2.38. The lowest BCUT2D eigenvalue weighted by Crippen LogP contribution is -2.03. The summed E-state index contributed by atoms with van der Waals surface area (Å²) >= 11 is 17.6. The van der Waals surface area contributed by atoms with Gasteiger partial charge in [-0.2, -0.15) is 4.39 Å². The summed E-state index contributed by atoms with van der Waals surface area (Å²) < 4.78 is 13.2. The highest BCUT2D eigenvalue weighted by Gasteiger charge is 2.19. The fraction of sp³-hybridized carbons (Fsp3) is 0. The number of benzene rings is 1. The topological polar surface area (TPSA) is 50.2 Å². The first kappa shape index (κ1) is 14.1. The smallest absolute Gasteiger partial charge is 0.337 e. The molecule has 0 bridgehead atoms. The Morgan fingerprint density at radius 3 is 2.42 bits per heavy atom. The van der Waals surface area contributed by atoms with Crippen LogP contribution in [-0.2, 0) is 0 Å². The van der Waals surface area contributed by atoms with Crippen LogP contribution in [0.25, 0.3) is 11.3 Å². The van der Waals surface area contributed by atoms with Gasteiger partial charge in [0.25, 0.3) is 0 Å². The average Bonchev–Trinajstić information content (AvgIpc) is 2.35. The molecule has 2 aromatic rings. The molecule has 3 nitrogen and oxygen atoms in total. The minimum Gasteiger partial charge on any atom is -0.478 e. The second kappa shape index (κ2) is 5.33. The number of aromatic carboxylic acids is 1. The van der Waals surface area contributed by atoms with Crippen LogP contribution in [0.15, 0.2) is 24.3 Å². The van der Waals surface area contributed by atoms with Gasteiger partial charge in [0.1, 0.15) is 0 Å². The molecule has 0 saturated heterocycles. The average molecular weight is 321 g/mol. The fourth-order valence-corrected chi connectivity index (χ4v) is 2.15. The minimum absolute atomic E-state index is 0.0229. The third-order valence-corrected chi connectivity index (χ3v) is 3.68. The van der Waals surface area contributed by atoms with Crippen molar-refractivity contribution in [1.82, 2.24) is 4.98 Å². The molecule has 0 aliphatic rings. The van der Waals surface area contributed by atoms with Gasteiger partial charge in [0.2, 0.25) is 5.95 Å². The van der Waals surface area contributed by atoms with Crippen LogP contribution in [0.1, 0.15) is 10.4 Å². The first-order valence-corrected chi connectivity index (χ1v) is 6.09. The minimum atomic E-state index is -1.25. The van der Waals surface area contributed by atoms with Crippen molar-refractivity contribution in [2.24, 2.45) is 0 Å². The summed E-state index contributed by atoms with van der Waals surface area (Å²) in [7, 11) is 0. The largest absolute Gasteiger partial charge is 0.478 e. The molecule has 0 fully saturated rings. The molecule has 0 saturated carbocycles. The summed E-state index contributed by atoms with van der Waals surface area (Å²) in [6, 6.07) is 4.94. The maximum atomic E-state index is 13.2. The first-order chi connectivity index (χ1) is 8.91. The Hall–Kier alpha value is -1.36. The third-order valence-electron chi connectivity index (χ3n) is 2.38. The summed E-state index contributed by atoms with van der Waals surface area (Å²) in [4.78, 5) is 14.7. The zero-order valence-electron chi connectivity index (χ0n) is 9.12. The molecule has 0 aliphatic carbocycles. The van der Waals surface area contributed by atoms with E-state index in [1.54, 1.807) is 0 Å². The summed E-state index contributed by atoms with van der Waals surface area (Å²) in [5, 5.41) is 9.36. The molecule has 0 radical (unpaired) electrons.